The Kier molecular flexibility index (Phi) is 4.07. The first-order valence-electron chi connectivity index (χ1n) is 6.72. The van der Waals surface area contributed by atoms with Crippen molar-refractivity contribution in [3.05, 3.63) is 44.9 Å². The average molecular weight is 323 g/mol. The second-order valence-corrected chi connectivity index (χ2v) is 6.24. The van der Waals surface area contributed by atoms with Crippen molar-refractivity contribution >= 4 is 29.2 Å². The molecule has 7 heteroatoms. The lowest BCUT2D eigenvalue weighted by Crippen LogP contribution is -2.42. The highest BCUT2D eigenvalue weighted by Gasteiger charge is 2.22. The third kappa shape index (κ3) is 3.01. The molecule has 1 aliphatic heterocycles. The van der Waals surface area contributed by atoms with E-state index < -0.39 is 0 Å². The normalized spacial score (nSPS) is 13.9. The minimum atomic E-state index is -0.0756. The van der Waals surface area contributed by atoms with Gasteiger partial charge >= 0.3 is 6.03 Å². The van der Waals surface area contributed by atoms with Gasteiger partial charge in [0.25, 0.3) is 0 Å². The number of nitrogens with zero attached hydrogens (tertiary/aromatic N) is 3. The largest absolute Gasteiger partial charge is 0.333 e. The Labute approximate surface area is 132 Å². The summed E-state index contributed by atoms with van der Waals surface area (Å²) < 4.78 is 3.86. The van der Waals surface area contributed by atoms with Crippen LogP contribution in [-0.2, 0) is 19.5 Å². The molecule has 2 heterocycles. The van der Waals surface area contributed by atoms with Crippen LogP contribution in [0.1, 0.15) is 21.7 Å². The Morgan fingerprint density at radius 3 is 3.14 bits per heavy atom. The molecule has 1 N–H and O–H groups in total. The lowest BCUT2D eigenvalue weighted by molar-refractivity contribution is 0.192. The average Bonchev–Trinajstić information content (AvgIpc) is 2.90. The van der Waals surface area contributed by atoms with E-state index in [2.05, 4.69) is 21.0 Å². The maximum atomic E-state index is 12.3. The van der Waals surface area contributed by atoms with Crippen molar-refractivity contribution < 1.29 is 4.79 Å². The van der Waals surface area contributed by atoms with Gasteiger partial charge < -0.3 is 10.2 Å². The van der Waals surface area contributed by atoms with Gasteiger partial charge in [-0.2, -0.15) is 0 Å². The van der Waals surface area contributed by atoms with Crippen LogP contribution in [0.5, 0.6) is 0 Å². The molecule has 3 rings (SSSR count). The molecule has 2 aromatic rings. The van der Waals surface area contributed by atoms with Crippen molar-refractivity contribution in [3.63, 3.8) is 0 Å². The predicted octanol–water partition coefficient (Wildman–Crippen LogP) is 2.77. The van der Waals surface area contributed by atoms with Gasteiger partial charge in [0, 0.05) is 18.1 Å². The van der Waals surface area contributed by atoms with E-state index in [9.17, 15) is 4.79 Å². The first-order valence-corrected chi connectivity index (χ1v) is 7.87. The van der Waals surface area contributed by atoms with Crippen LogP contribution < -0.4 is 5.32 Å². The molecular weight excluding hydrogens is 308 g/mol. The van der Waals surface area contributed by atoms with Gasteiger partial charge in [0.05, 0.1) is 17.1 Å². The van der Waals surface area contributed by atoms with Gasteiger partial charge in [-0.15, -0.1) is 5.10 Å². The quantitative estimate of drug-likeness (QED) is 0.925. The second kappa shape index (κ2) is 5.99. The van der Waals surface area contributed by atoms with Crippen molar-refractivity contribution in [2.75, 3.05) is 6.54 Å². The molecule has 0 saturated heterocycles. The highest BCUT2D eigenvalue weighted by molar-refractivity contribution is 7.05. The van der Waals surface area contributed by atoms with Crippen molar-refractivity contribution in [1.29, 1.82) is 0 Å². The molecule has 0 fully saturated rings. The molecule has 5 nitrogen and oxygen atoms in total. The smallest absolute Gasteiger partial charge is 0.318 e. The van der Waals surface area contributed by atoms with Crippen molar-refractivity contribution in [3.8, 4) is 0 Å². The van der Waals surface area contributed by atoms with Crippen LogP contribution in [0.4, 0.5) is 4.79 Å². The molecule has 2 amide bonds. The van der Waals surface area contributed by atoms with Crippen molar-refractivity contribution in [2.24, 2.45) is 0 Å². The van der Waals surface area contributed by atoms with E-state index >= 15 is 0 Å². The molecule has 0 bridgehead atoms. The van der Waals surface area contributed by atoms with Crippen LogP contribution >= 0.6 is 23.1 Å². The van der Waals surface area contributed by atoms with E-state index in [-0.39, 0.29) is 6.03 Å². The van der Waals surface area contributed by atoms with E-state index in [0.717, 1.165) is 27.6 Å². The maximum Gasteiger partial charge on any atom is 0.318 e. The van der Waals surface area contributed by atoms with Crippen LogP contribution in [0, 0.1) is 6.92 Å². The molecule has 21 heavy (non-hydrogen) atoms. The summed E-state index contributed by atoms with van der Waals surface area (Å²) in [4.78, 5) is 15.0. The molecule has 1 aromatic carbocycles. The Morgan fingerprint density at radius 2 is 2.38 bits per heavy atom. The lowest BCUT2D eigenvalue weighted by atomic mass is 10.00. The van der Waals surface area contributed by atoms with Crippen molar-refractivity contribution in [2.45, 2.75) is 26.4 Å². The van der Waals surface area contributed by atoms with Gasteiger partial charge in [-0.25, -0.2) is 4.79 Å². The summed E-state index contributed by atoms with van der Waals surface area (Å²) in [6.45, 7) is 3.62. The van der Waals surface area contributed by atoms with Gasteiger partial charge in [-0.05, 0) is 42.1 Å². The summed E-state index contributed by atoms with van der Waals surface area (Å²) in [5, 5.41) is 7.58. The minimum absolute atomic E-state index is 0.0756. The zero-order valence-electron chi connectivity index (χ0n) is 11.6. The number of hydrogen-bond donors (Lipinski definition) is 1. The van der Waals surface area contributed by atoms with Gasteiger partial charge in [-0.1, -0.05) is 28.2 Å². The molecule has 0 spiro atoms. The molecule has 0 radical (unpaired) electrons. The standard InChI is InChI=1S/C14H15ClN4OS/c1-9-13(21-18-17-9)7-16-14(20)19-6-5-10-3-2-4-12(15)11(10)8-19/h2-4H,5-8H2,1H3,(H,16,20). The summed E-state index contributed by atoms with van der Waals surface area (Å²) in [5.74, 6) is 0. The summed E-state index contributed by atoms with van der Waals surface area (Å²) in [5.41, 5.74) is 3.15. The number of halogens is 1. The second-order valence-electron chi connectivity index (χ2n) is 4.99. The molecule has 0 atom stereocenters. The Balaban J connectivity index is 1.64. The third-order valence-electron chi connectivity index (χ3n) is 3.65. The third-order valence-corrected chi connectivity index (χ3v) is 4.83. The Bertz CT molecular complexity index is 673. The van der Waals surface area contributed by atoms with E-state index in [4.69, 9.17) is 11.6 Å². The van der Waals surface area contributed by atoms with Crippen LogP contribution in [0.3, 0.4) is 0 Å². The molecular formula is C14H15ClN4OS. The monoisotopic (exact) mass is 322 g/mol. The van der Waals surface area contributed by atoms with Crippen LogP contribution in [0.15, 0.2) is 18.2 Å². The number of aromatic nitrogens is 2. The molecule has 0 saturated carbocycles. The molecule has 0 aliphatic carbocycles. The fourth-order valence-electron chi connectivity index (χ4n) is 2.39. The highest BCUT2D eigenvalue weighted by atomic mass is 35.5. The first-order chi connectivity index (χ1) is 10.1. The minimum Gasteiger partial charge on any atom is -0.333 e. The number of carbonyl (C=O) groups excluding carboxylic acids is 1. The molecule has 1 aliphatic rings. The summed E-state index contributed by atoms with van der Waals surface area (Å²) in [7, 11) is 0. The van der Waals surface area contributed by atoms with Gasteiger partial charge in [0.1, 0.15) is 0 Å². The SMILES string of the molecule is Cc1nnsc1CNC(=O)N1CCc2cccc(Cl)c2C1. The first kappa shape index (κ1) is 14.3. The van der Waals surface area contributed by atoms with Crippen LogP contribution in [0.2, 0.25) is 5.02 Å². The Morgan fingerprint density at radius 1 is 1.52 bits per heavy atom. The van der Waals surface area contributed by atoms with Crippen LogP contribution in [-0.4, -0.2) is 27.1 Å². The number of urea groups is 1. The summed E-state index contributed by atoms with van der Waals surface area (Å²) in [6.07, 6.45) is 0.838. The highest BCUT2D eigenvalue weighted by Crippen LogP contribution is 2.26. The van der Waals surface area contributed by atoms with E-state index in [1.807, 2.05) is 19.1 Å². The fourth-order valence-corrected chi connectivity index (χ4v) is 3.22. The Hall–Kier alpha value is -1.66. The summed E-state index contributed by atoms with van der Waals surface area (Å²) >= 11 is 7.53. The molecule has 1 aromatic heterocycles. The van der Waals surface area contributed by atoms with E-state index in [1.165, 1.54) is 17.1 Å². The lowest BCUT2D eigenvalue weighted by Gasteiger charge is -2.29. The molecule has 110 valence electrons. The number of benzene rings is 1. The summed E-state index contributed by atoms with van der Waals surface area (Å²) in [6, 6.07) is 5.82. The van der Waals surface area contributed by atoms with Gasteiger partial charge in [0.15, 0.2) is 0 Å². The number of amides is 2. The van der Waals surface area contributed by atoms with E-state index in [0.29, 0.717) is 19.6 Å². The predicted molar refractivity (Wildman–Crippen MR) is 82.4 cm³/mol. The molecule has 0 unspecified atom stereocenters. The topological polar surface area (TPSA) is 58.1 Å². The zero-order valence-corrected chi connectivity index (χ0v) is 13.2. The number of hydrogen-bond acceptors (Lipinski definition) is 4. The zero-order chi connectivity index (χ0) is 14.8. The number of nitrogens with one attached hydrogen (secondary N) is 1. The number of carbonyl (C=O) groups is 1. The number of rotatable bonds is 2. The van der Waals surface area contributed by atoms with Crippen molar-refractivity contribution in [1.82, 2.24) is 19.8 Å². The van der Waals surface area contributed by atoms with Gasteiger partial charge in [-0.3, -0.25) is 0 Å². The fraction of sp³-hybridized carbons (Fsp3) is 0.357. The van der Waals surface area contributed by atoms with E-state index in [1.54, 1.807) is 4.90 Å². The number of fused-ring (bicyclic) bond motifs is 1. The maximum absolute atomic E-state index is 12.3. The van der Waals surface area contributed by atoms with Crippen LogP contribution in [0.25, 0.3) is 0 Å². The number of aryl methyl sites for hydroxylation is 1. The van der Waals surface area contributed by atoms with Gasteiger partial charge in [0.2, 0.25) is 0 Å².